The van der Waals surface area contributed by atoms with Crippen molar-refractivity contribution in [3.8, 4) is 11.1 Å². The number of hydrogen-bond acceptors (Lipinski definition) is 1. The second-order valence-corrected chi connectivity index (χ2v) is 5.98. The Morgan fingerprint density at radius 1 is 1.10 bits per heavy atom. The molecule has 1 N–H and O–H groups in total. The van der Waals surface area contributed by atoms with E-state index in [1.165, 1.54) is 6.08 Å². The molecule has 106 valence electrons. The standard InChI is InChI=1S/C17H12Cl2O2/c1-8-3-4-11-12(7-15(20)21)17-13(16(11)9(8)2)5-10(18)6-14(17)19/h3-7H,1-2H3,(H,20,21)/b12-7+. The first-order valence-electron chi connectivity index (χ1n) is 6.45. The fraction of sp³-hybridized carbons (Fsp3) is 0.118. The zero-order valence-electron chi connectivity index (χ0n) is 11.5. The fourth-order valence-electron chi connectivity index (χ4n) is 2.84. The second kappa shape index (κ2) is 4.90. The van der Waals surface area contributed by atoms with Gasteiger partial charge in [-0.25, -0.2) is 4.79 Å². The molecule has 0 unspecified atom stereocenters. The van der Waals surface area contributed by atoms with Gasteiger partial charge in [0.15, 0.2) is 0 Å². The van der Waals surface area contributed by atoms with E-state index in [2.05, 4.69) is 0 Å². The monoisotopic (exact) mass is 318 g/mol. The van der Waals surface area contributed by atoms with Gasteiger partial charge in [-0.3, -0.25) is 0 Å². The summed E-state index contributed by atoms with van der Waals surface area (Å²) in [7, 11) is 0. The number of halogens is 2. The Hall–Kier alpha value is -1.77. The third-order valence-electron chi connectivity index (χ3n) is 3.89. The lowest BCUT2D eigenvalue weighted by Crippen LogP contribution is -1.92. The molecule has 0 saturated heterocycles. The Morgan fingerprint density at radius 3 is 2.48 bits per heavy atom. The van der Waals surface area contributed by atoms with Crippen molar-refractivity contribution >= 4 is 34.7 Å². The zero-order chi connectivity index (χ0) is 15.3. The lowest BCUT2D eigenvalue weighted by atomic mass is 9.96. The van der Waals surface area contributed by atoms with E-state index in [4.69, 9.17) is 28.3 Å². The number of aryl methyl sites for hydroxylation is 1. The minimum atomic E-state index is -0.993. The summed E-state index contributed by atoms with van der Waals surface area (Å²) in [4.78, 5) is 11.2. The molecule has 4 heteroatoms. The number of fused-ring (bicyclic) bond motifs is 3. The predicted molar refractivity (Wildman–Crippen MR) is 86.1 cm³/mol. The molecule has 0 radical (unpaired) electrons. The van der Waals surface area contributed by atoms with Crippen molar-refractivity contribution < 1.29 is 9.90 Å². The summed E-state index contributed by atoms with van der Waals surface area (Å²) in [6.45, 7) is 4.05. The van der Waals surface area contributed by atoms with Crippen molar-refractivity contribution in [2.24, 2.45) is 0 Å². The summed E-state index contributed by atoms with van der Waals surface area (Å²) >= 11 is 12.4. The highest BCUT2D eigenvalue weighted by atomic mass is 35.5. The summed E-state index contributed by atoms with van der Waals surface area (Å²) in [5, 5.41) is 10.2. The van der Waals surface area contributed by atoms with E-state index >= 15 is 0 Å². The highest BCUT2D eigenvalue weighted by Crippen LogP contribution is 2.50. The summed E-state index contributed by atoms with van der Waals surface area (Å²) in [5.41, 5.74) is 6.44. The Kier molecular flexibility index (Phi) is 3.31. The van der Waals surface area contributed by atoms with Gasteiger partial charge in [-0.15, -0.1) is 0 Å². The van der Waals surface area contributed by atoms with E-state index in [-0.39, 0.29) is 0 Å². The van der Waals surface area contributed by atoms with Crippen molar-refractivity contribution in [1.82, 2.24) is 0 Å². The van der Waals surface area contributed by atoms with Gasteiger partial charge in [-0.1, -0.05) is 35.3 Å². The minimum absolute atomic E-state index is 0.471. The largest absolute Gasteiger partial charge is 0.478 e. The SMILES string of the molecule is Cc1ccc2c(c1C)-c1cc(Cl)cc(Cl)c1/C2=C/C(=O)O. The molecule has 0 aromatic heterocycles. The highest BCUT2D eigenvalue weighted by molar-refractivity contribution is 6.37. The number of carboxylic acid groups (broad SMARTS) is 1. The van der Waals surface area contributed by atoms with Crippen LogP contribution in [-0.4, -0.2) is 11.1 Å². The fourth-order valence-corrected chi connectivity index (χ4v) is 3.44. The van der Waals surface area contributed by atoms with Gasteiger partial charge >= 0.3 is 5.97 Å². The summed E-state index contributed by atoms with van der Waals surface area (Å²) < 4.78 is 0. The molecule has 0 atom stereocenters. The number of carbonyl (C=O) groups is 1. The molecule has 0 bridgehead atoms. The first kappa shape index (κ1) is 14.2. The van der Waals surface area contributed by atoms with Gasteiger partial charge < -0.3 is 5.11 Å². The van der Waals surface area contributed by atoms with Crippen molar-refractivity contribution in [2.75, 3.05) is 0 Å². The van der Waals surface area contributed by atoms with Gasteiger partial charge in [-0.2, -0.15) is 0 Å². The maximum atomic E-state index is 11.2. The van der Waals surface area contributed by atoms with Gasteiger partial charge in [-0.05, 0) is 59.4 Å². The van der Waals surface area contributed by atoms with Crippen LogP contribution in [0.25, 0.3) is 16.7 Å². The Morgan fingerprint density at radius 2 is 1.81 bits per heavy atom. The van der Waals surface area contributed by atoms with Crippen LogP contribution in [0.4, 0.5) is 0 Å². The van der Waals surface area contributed by atoms with E-state index in [9.17, 15) is 4.79 Å². The van der Waals surface area contributed by atoms with Gasteiger partial charge in [0.2, 0.25) is 0 Å². The lowest BCUT2D eigenvalue weighted by Gasteiger charge is -2.08. The molecule has 21 heavy (non-hydrogen) atoms. The maximum Gasteiger partial charge on any atom is 0.328 e. The molecule has 0 aliphatic heterocycles. The molecule has 2 nitrogen and oxygen atoms in total. The van der Waals surface area contributed by atoms with Crippen molar-refractivity contribution in [3.05, 3.63) is 62.6 Å². The van der Waals surface area contributed by atoms with E-state index in [1.807, 2.05) is 32.0 Å². The van der Waals surface area contributed by atoms with Crippen LogP contribution in [0.2, 0.25) is 10.0 Å². The average molecular weight is 319 g/mol. The Balaban J connectivity index is 2.47. The molecule has 0 fully saturated rings. The summed E-state index contributed by atoms with van der Waals surface area (Å²) in [5.74, 6) is -0.993. The Bertz CT molecular complexity index is 820. The Labute approximate surface area is 132 Å². The van der Waals surface area contributed by atoms with Crippen LogP contribution < -0.4 is 0 Å². The smallest absolute Gasteiger partial charge is 0.328 e. The van der Waals surface area contributed by atoms with Crippen LogP contribution in [0.3, 0.4) is 0 Å². The minimum Gasteiger partial charge on any atom is -0.478 e. The normalized spacial score (nSPS) is 14.2. The number of hydrogen-bond donors (Lipinski definition) is 1. The summed E-state index contributed by atoms with van der Waals surface area (Å²) in [6, 6.07) is 7.42. The lowest BCUT2D eigenvalue weighted by molar-refractivity contribution is -0.131. The third kappa shape index (κ3) is 2.15. The zero-order valence-corrected chi connectivity index (χ0v) is 13.0. The summed E-state index contributed by atoms with van der Waals surface area (Å²) in [6.07, 6.45) is 1.21. The number of benzene rings is 2. The molecule has 1 aliphatic carbocycles. The highest BCUT2D eigenvalue weighted by Gasteiger charge is 2.28. The predicted octanol–water partition coefficient (Wildman–Crippen LogP) is 5.11. The van der Waals surface area contributed by atoms with Crippen molar-refractivity contribution in [2.45, 2.75) is 13.8 Å². The topological polar surface area (TPSA) is 37.3 Å². The molecular weight excluding hydrogens is 307 g/mol. The van der Waals surface area contributed by atoms with Gasteiger partial charge in [0.1, 0.15) is 0 Å². The second-order valence-electron chi connectivity index (χ2n) is 5.14. The molecule has 0 saturated carbocycles. The van der Waals surface area contributed by atoms with Crippen molar-refractivity contribution in [3.63, 3.8) is 0 Å². The van der Waals surface area contributed by atoms with E-state index in [0.717, 1.165) is 33.4 Å². The van der Waals surface area contributed by atoms with Gasteiger partial charge in [0.25, 0.3) is 0 Å². The third-order valence-corrected chi connectivity index (χ3v) is 4.40. The molecule has 0 amide bonds. The van der Waals surface area contributed by atoms with Gasteiger partial charge in [0, 0.05) is 16.7 Å². The van der Waals surface area contributed by atoms with Crippen LogP contribution in [0.5, 0.6) is 0 Å². The first-order chi connectivity index (χ1) is 9.90. The average Bonchev–Trinajstić information content (AvgIpc) is 2.68. The van der Waals surface area contributed by atoms with E-state index in [1.54, 1.807) is 6.07 Å². The molecule has 3 rings (SSSR count). The molecule has 2 aromatic carbocycles. The number of aliphatic carboxylic acids is 1. The van der Waals surface area contributed by atoms with Gasteiger partial charge in [0.05, 0.1) is 5.02 Å². The number of carboxylic acids is 1. The number of rotatable bonds is 1. The first-order valence-corrected chi connectivity index (χ1v) is 7.20. The van der Waals surface area contributed by atoms with Crippen molar-refractivity contribution in [1.29, 1.82) is 0 Å². The van der Waals surface area contributed by atoms with Crippen LogP contribution in [0.15, 0.2) is 30.3 Å². The molecule has 1 aliphatic rings. The van der Waals surface area contributed by atoms with Crippen LogP contribution in [0, 0.1) is 13.8 Å². The quantitative estimate of drug-likeness (QED) is 0.633. The molecule has 2 aromatic rings. The molecule has 0 spiro atoms. The van der Waals surface area contributed by atoms with Crippen LogP contribution in [0.1, 0.15) is 22.3 Å². The maximum absolute atomic E-state index is 11.2. The molecule has 0 heterocycles. The van der Waals surface area contributed by atoms with E-state index in [0.29, 0.717) is 15.6 Å². The van der Waals surface area contributed by atoms with E-state index < -0.39 is 5.97 Å². The van der Waals surface area contributed by atoms with Crippen LogP contribution in [-0.2, 0) is 4.79 Å². The molecular formula is C17H12Cl2O2. The van der Waals surface area contributed by atoms with Crippen LogP contribution >= 0.6 is 23.2 Å².